The first-order chi connectivity index (χ1) is 9.28. The number of ether oxygens (including phenoxy) is 1. The molecule has 0 heterocycles. The van der Waals surface area contributed by atoms with E-state index < -0.39 is 0 Å². The van der Waals surface area contributed by atoms with E-state index in [4.69, 9.17) is 10.5 Å². The van der Waals surface area contributed by atoms with Crippen molar-refractivity contribution >= 4 is 5.69 Å². The Morgan fingerprint density at radius 1 is 1.11 bits per heavy atom. The maximum atomic E-state index is 5.65. The van der Waals surface area contributed by atoms with E-state index in [-0.39, 0.29) is 0 Å². The first-order valence-electron chi connectivity index (χ1n) is 6.50. The van der Waals surface area contributed by atoms with Crippen LogP contribution >= 0.6 is 0 Å². The van der Waals surface area contributed by atoms with Crippen LogP contribution < -0.4 is 15.8 Å². The number of benzene rings is 2. The monoisotopic (exact) mass is 256 g/mol. The Balaban J connectivity index is 1.74. The minimum Gasteiger partial charge on any atom is -0.492 e. The molecule has 3 N–H and O–H groups in total. The van der Waals surface area contributed by atoms with Gasteiger partial charge in [0.05, 0.1) is 0 Å². The van der Waals surface area contributed by atoms with E-state index in [9.17, 15) is 0 Å². The molecule has 0 radical (unpaired) electrons. The highest BCUT2D eigenvalue weighted by Crippen LogP contribution is 2.12. The van der Waals surface area contributed by atoms with E-state index in [0.717, 1.165) is 23.5 Å². The normalized spacial score (nSPS) is 10.2. The Labute approximate surface area is 114 Å². The second-order valence-corrected chi connectivity index (χ2v) is 4.49. The molecule has 0 fully saturated rings. The van der Waals surface area contributed by atoms with Gasteiger partial charge in [0.15, 0.2) is 0 Å². The summed E-state index contributed by atoms with van der Waals surface area (Å²) in [6.07, 6.45) is 0. The van der Waals surface area contributed by atoms with Crippen LogP contribution in [0.1, 0.15) is 11.1 Å². The summed E-state index contributed by atoms with van der Waals surface area (Å²) in [6, 6.07) is 16.2. The Hall–Kier alpha value is -2.00. The van der Waals surface area contributed by atoms with Gasteiger partial charge in [0, 0.05) is 18.8 Å². The van der Waals surface area contributed by atoms with Crippen LogP contribution in [0.5, 0.6) is 5.75 Å². The summed E-state index contributed by atoms with van der Waals surface area (Å²) in [7, 11) is 0. The molecule has 0 atom stereocenters. The Kier molecular flexibility index (Phi) is 4.81. The molecule has 0 saturated heterocycles. The predicted molar refractivity (Wildman–Crippen MR) is 79.5 cm³/mol. The second-order valence-electron chi connectivity index (χ2n) is 4.49. The zero-order valence-corrected chi connectivity index (χ0v) is 11.2. The number of rotatable bonds is 6. The molecule has 0 aromatic heterocycles. The minimum absolute atomic E-state index is 0.565. The topological polar surface area (TPSA) is 47.3 Å². The summed E-state index contributed by atoms with van der Waals surface area (Å²) in [5, 5.41) is 3.33. The first-order valence-corrected chi connectivity index (χ1v) is 6.50. The summed E-state index contributed by atoms with van der Waals surface area (Å²) < 4.78 is 5.65. The van der Waals surface area contributed by atoms with Crippen LogP contribution in [0.4, 0.5) is 5.69 Å². The average Bonchev–Trinajstić information content (AvgIpc) is 2.44. The van der Waals surface area contributed by atoms with E-state index in [1.54, 1.807) is 0 Å². The fraction of sp³-hybridized carbons (Fsp3) is 0.250. The van der Waals surface area contributed by atoms with Crippen molar-refractivity contribution in [1.29, 1.82) is 0 Å². The zero-order chi connectivity index (χ0) is 13.5. The van der Waals surface area contributed by atoms with Crippen molar-refractivity contribution in [3.05, 3.63) is 59.7 Å². The molecule has 0 saturated carbocycles. The molecule has 0 spiro atoms. The van der Waals surface area contributed by atoms with Crippen molar-refractivity contribution in [2.24, 2.45) is 5.73 Å². The van der Waals surface area contributed by atoms with Gasteiger partial charge in [-0.1, -0.05) is 24.3 Å². The van der Waals surface area contributed by atoms with Gasteiger partial charge >= 0.3 is 0 Å². The fourth-order valence-electron chi connectivity index (χ4n) is 1.84. The van der Waals surface area contributed by atoms with Gasteiger partial charge in [-0.15, -0.1) is 0 Å². The average molecular weight is 256 g/mol. The Morgan fingerprint density at radius 2 is 1.89 bits per heavy atom. The highest BCUT2D eigenvalue weighted by molar-refractivity contribution is 5.45. The van der Waals surface area contributed by atoms with Crippen molar-refractivity contribution in [2.45, 2.75) is 13.5 Å². The lowest BCUT2D eigenvalue weighted by molar-refractivity contribution is 0.333. The van der Waals surface area contributed by atoms with Crippen LogP contribution in [0, 0.1) is 6.92 Å². The molecular weight excluding hydrogens is 236 g/mol. The van der Waals surface area contributed by atoms with Crippen LogP contribution in [-0.2, 0) is 6.54 Å². The number of nitrogens with two attached hydrogens (primary N) is 1. The van der Waals surface area contributed by atoms with Crippen molar-refractivity contribution in [3.8, 4) is 5.75 Å². The lowest BCUT2D eigenvalue weighted by Crippen LogP contribution is -2.11. The first kappa shape index (κ1) is 13.4. The van der Waals surface area contributed by atoms with Crippen molar-refractivity contribution in [3.63, 3.8) is 0 Å². The predicted octanol–water partition coefficient (Wildman–Crippen LogP) is 2.94. The Morgan fingerprint density at radius 3 is 2.58 bits per heavy atom. The highest BCUT2D eigenvalue weighted by atomic mass is 16.5. The van der Waals surface area contributed by atoms with Gasteiger partial charge in [-0.25, -0.2) is 0 Å². The summed E-state index contributed by atoms with van der Waals surface area (Å²) in [4.78, 5) is 0. The number of hydrogen-bond acceptors (Lipinski definition) is 3. The van der Waals surface area contributed by atoms with Crippen LogP contribution in [0.3, 0.4) is 0 Å². The van der Waals surface area contributed by atoms with Crippen LogP contribution in [0.15, 0.2) is 48.5 Å². The molecule has 3 heteroatoms. The van der Waals surface area contributed by atoms with E-state index in [1.165, 1.54) is 5.56 Å². The number of hydrogen-bond donors (Lipinski definition) is 2. The van der Waals surface area contributed by atoms with Crippen LogP contribution in [0.2, 0.25) is 0 Å². The van der Waals surface area contributed by atoms with Gasteiger partial charge in [-0.2, -0.15) is 0 Å². The molecule has 2 rings (SSSR count). The van der Waals surface area contributed by atoms with E-state index in [2.05, 4.69) is 30.4 Å². The summed E-state index contributed by atoms with van der Waals surface area (Å²) in [6.45, 7) is 4.06. The second kappa shape index (κ2) is 6.81. The lowest BCUT2D eigenvalue weighted by atomic mass is 10.2. The van der Waals surface area contributed by atoms with Gasteiger partial charge in [0.1, 0.15) is 12.4 Å². The molecular formula is C16H20N2O. The van der Waals surface area contributed by atoms with Crippen molar-refractivity contribution in [1.82, 2.24) is 0 Å². The quantitative estimate of drug-likeness (QED) is 0.781. The van der Waals surface area contributed by atoms with Gasteiger partial charge in [0.25, 0.3) is 0 Å². The van der Waals surface area contributed by atoms with Crippen LogP contribution in [-0.4, -0.2) is 13.2 Å². The van der Waals surface area contributed by atoms with Gasteiger partial charge in [0.2, 0.25) is 0 Å². The molecule has 100 valence electrons. The largest absolute Gasteiger partial charge is 0.492 e. The van der Waals surface area contributed by atoms with Gasteiger partial charge in [-0.3, -0.25) is 0 Å². The summed E-state index contributed by atoms with van der Waals surface area (Å²) in [5.41, 5.74) is 9.04. The molecule has 0 unspecified atom stereocenters. The molecule has 2 aromatic carbocycles. The smallest absolute Gasteiger partial charge is 0.119 e. The molecule has 3 nitrogen and oxygen atoms in total. The molecule has 0 bridgehead atoms. The van der Waals surface area contributed by atoms with E-state index in [1.807, 2.05) is 30.3 Å². The van der Waals surface area contributed by atoms with Gasteiger partial charge < -0.3 is 15.8 Å². The Bertz CT molecular complexity index is 508. The molecule has 0 aliphatic heterocycles. The third-order valence-electron chi connectivity index (χ3n) is 2.88. The highest BCUT2D eigenvalue weighted by Gasteiger charge is 1.95. The molecule has 0 aliphatic carbocycles. The molecule has 0 aliphatic rings. The minimum atomic E-state index is 0.565. The summed E-state index contributed by atoms with van der Waals surface area (Å²) in [5.74, 6) is 0.878. The maximum Gasteiger partial charge on any atom is 0.119 e. The number of anilines is 1. The van der Waals surface area contributed by atoms with Crippen molar-refractivity contribution < 1.29 is 4.74 Å². The van der Waals surface area contributed by atoms with E-state index in [0.29, 0.717) is 13.2 Å². The number of aryl methyl sites for hydroxylation is 1. The third-order valence-corrected chi connectivity index (χ3v) is 2.88. The summed E-state index contributed by atoms with van der Waals surface area (Å²) >= 11 is 0. The maximum absolute atomic E-state index is 5.65. The molecule has 2 aromatic rings. The SMILES string of the molecule is Cc1cccc(NCCOc2ccc(CN)cc2)c1. The lowest BCUT2D eigenvalue weighted by Gasteiger charge is -2.09. The van der Waals surface area contributed by atoms with Crippen molar-refractivity contribution in [2.75, 3.05) is 18.5 Å². The molecule has 19 heavy (non-hydrogen) atoms. The van der Waals surface area contributed by atoms with Crippen LogP contribution in [0.25, 0.3) is 0 Å². The standard InChI is InChI=1S/C16H20N2O/c1-13-3-2-4-15(11-13)18-9-10-19-16-7-5-14(12-17)6-8-16/h2-8,11,18H,9-10,12,17H2,1H3. The third kappa shape index (κ3) is 4.30. The van der Waals surface area contributed by atoms with E-state index >= 15 is 0 Å². The molecule has 0 amide bonds. The number of nitrogens with one attached hydrogen (secondary N) is 1. The zero-order valence-electron chi connectivity index (χ0n) is 11.2. The van der Waals surface area contributed by atoms with Gasteiger partial charge in [-0.05, 0) is 42.3 Å². The fourth-order valence-corrected chi connectivity index (χ4v) is 1.84.